The number of nitrogens with zero attached hydrogens (tertiary/aromatic N) is 2. The number of aryl methyl sites for hydroxylation is 1. The van der Waals surface area contributed by atoms with Crippen LogP contribution in [0.4, 0.5) is 0 Å². The zero-order valence-corrected chi connectivity index (χ0v) is 13.9. The third-order valence-corrected chi connectivity index (χ3v) is 5.47. The third-order valence-electron chi connectivity index (χ3n) is 5.47. The molecule has 2 heterocycles. The number of hydrogen-bond donors (Lipinski definition) is 1. The van der Waals surface area contributed by atoms with Gasteiger partial charge in [0.2, 0.25) is 0 Å². The minimum atomic E-state index is 0.719. The van der Waals surface area contributed by atoms with Crippen LogP contribution in [0.3, 0.4) is 0 Å². The van der Waals surface area contributed by atoms with Crippen LogP contribution < -0.4 is 0 Å². The van der Waals surface area contributed by atoms with E-state index in [1.165, 1.54) is 53.4 Å². The molecule has 24 heavy (non-hydrogen) atoms. The summed E-state index contributed by atoms with van der Waals surface area (Å²) in [7, 11) is 0. The molecule has 0 radical (unpaired) electrons. The molecule has 0 bridgehead atoms. The van der Waals surface area contributed by atoms with Crippen molar-refractivity contribution < 1.29 is 0 Å². The maximum absolute atomic E-state index is 4.58. The minimum Gasteiger partial charge on any atom is -0.361 e. The van der Waals surface area contributed by atoms with Crippen LogP contribution in [0.25, 0.3) is 27.6 Å². The molecule has 120 valence electrons. The lowest BCUT2D eigenvalue weighted by Crippen LogP contribution is -1.93. The topological polar surface area (TPSA) is 33.6 Å². The van der Waals surface area contributed by atoms with Gasteiger partial charge in [-0.15, -0.1) is 0 Å². The summed E-state index contributed by atoms with van der Waals surface area (Å²) in [6, 6.07) is 13.2. The monoisotopic (exact) mass is 315 g/mol. The average molecular weight is 315 g/mol. The van der Waals surface area contributed by atoms with Gasteiger partial charge in [0.1, 0.15) is 6.33 Å². The highest BCUT2D eigenvalue weighted by atomic mass is 15.0. The molecule has 2 aromatic carbocycles. The second kappa shape index (κ2) is 5.23. The standard InChI is InChI=1S/C21H21N3/c1-14-6-9-21-20(10-14)23-13-24(21)16-7-8-19-17(11-16)18(12-22-19)15-4-2-3-5-15/h6-13,15,22H,2-5H2,1H3. The molecule has 2 aromatic heterocycles. The van der Waals surface area contributed by atoms with Gasteiger partial charge in [-0.1, -0.05) is 18.9 Å². The number of benzene rings is 2. The van der Waals surface area contributed by atoms with Gasteiger partial charge in [-0.05, 0) is 67.1 Å². The summed E-state index contributed by atoms with van der Waals surface area (Å²) in [5.74, 6) is 0.719. The van der Waals surface area contributed by atoms with E-state index in [4.69, 9.17) is 0 Å². The fourth-order valence-corrected chi connectivity index (χ4v) is 4.18. The number of H-pyrrole nitrogens is 1. The van der Waals surface area contributed by atoms with Crippen LogP contribution >= 0.6 is 0 Å². The van der Waals surface area contributed by atoms with Crippen molar-refractivity contribution in [3.05, 3.63) is 60.0 Å². The normalized spacial score (nSPS) is 15.7. The Balaban J connectivity index is 1.67. The fraction of sp³-hybridized carbons (Fsp3) is 0.286. The Morgan fingerprint density at radius 2 is 1.96 bits per heavy atom. The second-order valence-electron chi connectivity index (χ2n) is 7.06. The molecule has 4 aromatic rings. The van der Waals surface area contributed by atoms with Crippen LogP contribution in [0, 0.1) is 6.92 Å². The van der Waals surface area contributed by atoms with Gasteiger partial charge < -0.3 is 4.98 Å². The SMILES string of the molecule is Cc1ccc2c(c1)ncn2-c1ccc2[nH]cc(C3CCCC3)c2c1. The molecule has 1 N–H and O–H groups in total. The molecular formula is C21H21N3. The zero-order chi connectivity index (χ0) is 16.1. The largest absolute Gasteiger partial charge is 0.361 e. The van der Waals surface area contributed by atoms with E-state index in [1.807, 2.05) is 6.33 Å². The predicted octanol–water partition coefficient (Wildman–Crippen LogP) is 5.47. The van der Waals surface area contributed by atoms with Crippen molar-refractivity contribution in [3.63, 3.8) is 0 Å². The van der Waals surface area contributed by atoms with Gasteiger partial charge in [0.15, 0.2) is 0 Å². The molecule has 1 aliphatic rings. The maximum Gasteiger partial charge on any atom is 0.100 e. The molecule has 0 spiro atoms. The Morgan fingerprint density at radius 1 is 1.08 bits per heavy atom. The first-order chi connectivity index (χ1) is 11.8. The molecule has 1 saturated carbocycles. The highest BCUT2D eigenvalue weighted by Crippen LogP contribution is 2.38. The average Bonchev–Trinajstić information content (AvgIpc) is 3.32. The molecule has 0 aliphatic heterocycles. The van der Waals surface area contributed by atoms with Gasteiger partial charge in [-0.2, -0.15) is 0 Å². The summed E-state index contributed by atoms with van der Waals surface area (Å²) in [5, 5.41) is 1.37. The molecular weight excluding hydrogens is 294 g/mol. The smallest absolute Gasteiger partial charge is 0.100 e. The molecule has 0 unspecified atom stereocenters. The van der Waals surface area contributed by atoms with Gasteiger partial charge in [-0.25, -0.2) is 4.98 Å². The van der Waals surface area contributed by atoms with Crippen molar-refractivity contribution in [1.29, 1.82) is 0 Å². The lowest BCUT2D eigenvalue weighted by Gasteiger charge is -2.09. The number of hydrogen-bond acceptors (Lipinski definition) is 1. The summed E-state index contributed by atoms with van der Waals surface area (Å²) in [6.45, 7) is 2.11. The van der Waals surface area contributed by atoms with E-state index in [-0.39, 0.29) is 0 Å². The van der Waals surface area contributed by atoms with E-state index >= 15 is 0 Å². The summed E-state index contributed by atoms with van der Waals surface area (Å²) < 4.78 is 2.19. The summed E-state index contributed by atoms with van der Waals surface area (Å²) in [4.78, 5) is 8.04. The summed E-state index contributed by atoms with van der Waals surface area (Å²) in [6.07, 6.45) is 9.53. The Labute approximate surface area is 141 Å². The molecule has 3 nitrogen and oxygen atoms in total. The number of rotatable bonds is 2. The van der Waals surface area contributed by atoms with E-state index in [0.29, 0.717) is 0 Å². The van der Waals surface area contributed by atoms with Crippen molar-refractivity contribution in [2.75, 3.05) is 0 Å². The molecule has 0 amide bonds. The highest BCUT2D eigenvalue weighted by molar-refractivity contribution is 5.87. The number of nitrogens with one attached hydrogen (secondary N) is 1. The van der Waals surface area contributed by atoms with Gasteiger partial charge in [0.25, 0.3) is 0 Å². The summed E-state index contributed by atoms with van der Waals surface area (Å²) in [5.41, 5.74) is 7.38. The van der Waals surface area contributed by atoms with Crippen LogP contribution in [0.1, 0.15) is 42.7 Å². The van der Waals surface area contributed by atoms with Crippen molar-refractivity contribution in [3.8, 4) is 5.69 Å². The van der Waals surface area contributed by atoms with Crippen molar-refractivity contribution >= 4 is 21.9 Å². The Bertz CT molecular complexity index is 1030. The van der Waals surface area contributed by atoms with Gasteiger partial charge in [0, 0.05) is 22.8 Å². The molecule has 0 saturated heterocycles. The Morgan fingerprint density at radius 3 is 2.83 bits per heavy atom. The quantitative estimate of drug-likeness (QED) is 0.522. The lowest BCUT2D eigenvalue weighted by molar-refractivity contribution is 0.729. The van der Waals surface area contributed by atoms with Crippen LogP contribution in [0.2, 0.25) is 0 Å². The first kappa shape index (κ1) is 13.8. The van der Waals surface area contributed by atoms with E-state index in [2.05, 4.69) is 64.1 Å². The van der Waals surface area contributed by atoms with Crippen molar-refractivity contribution in [2.24, 2.45) is 0 Å². The first-order valence-corrected chi connectivity index (χ1v) is 8.85. The van der Waals surface area contributed by atoms with Gasteiger partial charge in [0.05, 0.1) is 11.0 Å². The molecule has 1 fully saturated rings. The predicted molar refractivity (Wildman–Crippen MR) is 98.9 cm³/mol. The van der Waals surface area contributed by atoms with Gasteiger partial charge >= 0.3 is 0 Å². The van der Waals surface area contributed by atoms with E-state index in [9.17, 15) is 0 Å². The van der Waals surface area contributed by atoms with Gasteiger partial charge in [-0.3, -0.25) is 4.57 Å². The second-order valence-corrected chi connectivity index (χ2v) is 7.06. The molecule has 3 heteroatoms. The van der Waals surface area contributed by atoms with Crippen LogP contribution in [0.5, 0.6) is 0 Å². The summed E-state index contributed by atoms with van der Waals surface area (Å²) >= 11 is 0. The third kappa shape index (κ3) is 2.08. The molecule has 5 rings (SSSR count). The Kier molecular flexibility index (Phi) is 3.02. The first-order valence-electron chi connectivity index (χ1n) is 8.85. The van der Waals surface area contributed by atoms with E-state index < -0.39 is 0 Å². The van der Waals surface area contributed by atoms with Crippen molar-refractivity contribution in [1.82, 2.24) is 14.5 Å². The number of aromatic nitrogens is 3. The fourth-order valence-electron chi connectivity index (χ4n) is 4.18. The highest BCUT2D eigenvalue weighted by Gasteiger charge is 2.20. The van der Waals surface area contributed by atoms with Crippen molar-refractivity contribution in [2.45, 2.75) is 38.5 Å². The number of fused-ring (bicyclic) bond motifs is 2. The lowest BCUT2D eigenvalue weighted by atomic mass is 9.97. The maximum atomic E-state index is 4.58. The van der Waals surface area contributed by atoms with Crippen LogP contribution in [-0.4, -0.2) is 14.5 Å². The van der Waals surface area contributed by atoms with E-state index in [1.54, 1.807) is 0 Å². The number of aromatic amines is 1. The van der Waals surface area contributed by atoms with Crippen LogP contribution in [-0.2, 0) is 0 Å². The molecule has 0 atom stereocenters. The molecule has 1 aliphatic carbocycles. The van der Waals surface area contributed by atoms with Crippen LogP contribution in [0.15, 0.2) is 48.9 Å². The zero-order valence-electron chi connectivity index (χ0n) is 13.9. The minimum absolute atomic E-state index is 0.719. The number of imidazole rings is 1. The van der Waals surface area contributed by atoms with E-state index in [0.717, 1.165) is 17.0 Å². The Hall–Kier alpha value is -2.55.